The van der Waals surface area contributed by atoms with Crippen molar-refractivity contribution in [1.82, 2.24) is 5.32 Å². The van der Waals surface area contributed by atoms with Gasteiger partial charge >= 0.3 is 0 Å². The molecule has 1 aromatic carbocycles. The van der Waals surface area contributed by atoms with E-state index in [-0.39, 0.29) is 0 Å². The van der Waals surface area contributed by atoms with E-state index in [0.29, 0.717) is 6.04 Å². The summed E-state index contributed by atoms with van der Waals surface area (Å²) >= 11 is 0. The fraction of sp³-hybridized carbons (Fsp3) is 0.625. The lowest BCUT2D eigenvalue weighted by molar-refractivity contribution is 0.135. The molecular weight excluding hydrogens is 222 g/mol. The lowest BCUT2D eigenvalue weighted by Crippen LogP contribution is -2.31. The number of benzene rings is 1. The van der Waals surface area contributed by atoms with Gasteiger partial charge in [-0.15, -0.1) is 0 Å². The number of nitrogens with one attached hydrogen (secondary N) is 1. The maximum absolute atomic E-state index is 5.46. The van der Waals surface area contributed by atoms with E-state index in [1.54, 1.807) is 0 Å². The number of hydrogen-bond acceptors (Lipinski definition) is 2. The van der Waals surface area contributed by atoms with Gasteiger partial charge < -0.3 is 10.1 Å². The lowest BCUT2D eigenvalue weighted by atomic mass is 10.0. The van der Waals surface area contributed by atoms with E-state index in [0.717, 1.165) is 32.6 Å². The lowest BCUT2D eigenvalue weighted by Gasteiger charge is -2.18. The highest BCUT2D eigenvalue weighted by Gasteiger charge is 2.07. The van der Waals surface area contributed by atoms with Crippen molar-refractivity contribution in [2.24, 2.45) is 0 Å². The van der Waals surface area contributed by atoms with Crippen LogP contribution in [0.25, 0.3) is 0 Å². The van der Waals surface area contributed by atoms with E-state index in [4.69, 9.17) is 4.74 Å². The van der Waals surface area contributed by atoms with Crippen LogP contribution in [0.5, 0.6) is 0 Å². The van der Waals surface area contributed by atoms with Gasteiger partial charge in [-0.3, -0.25) is 0 Å². The van der Waals surface area contributed by atoms with E-state index in [1.807, 2.05) is 0 Å². The summed E-state index contributed by atoms with van der Waals surface area (Å²) in [6, 6.07) is 11.3. The van der Waals surface area contributed by atoms with Gasteiger partial charge in [0.15, 0.2) is 0 Å². The SMILES string of the molecule is CCCNC(CCOCC)CCc1ccccc1. The molecule has 1 aromatic rings. The average Bonchev–Trinajstić information content (AvgIpc) is 2.42. The summed E-state index contributed by atoms with van der Waals surface area (Å²) < 4.78 is 5.46. The van der Waals surface area contributed by atoms with Gasteiger partial charge in [0.25, 0.3) is 0 Å². The van der Waals surface area contributed by atoms with E-state index < -0.39 is 0 Å². The first-order valence-electron chi connectivity index (χ1n) is 7.21. The van der Waals surface area contributed by atoms with Crippen molar-refractivity contribution in [2.75, 3.05) is 19.8 Å². The Morgan fingerprint density at radius 1 is 1.11 bits per heavy atom. The summed E-state index contributed by atoms with van der Waals surface area (Å²) in [6.45, 7) is 7.06. The smallest absolute Gasteiger partial charge is 0.0480 e. The van der Waals surface area contributed by atoms with Crippen LogP contribution in [0, 0.1) is 0 Å². The number of hydrogen-bond donors (Lipinski definition) is 1. The molecule has 0 bridgehead atoms. The highest BCUT2D eigenvalue weighted by molar-refractivity contribution is 5.14. The number of aryl methyl sites for hydroxylation is 1. The summed E-state index contributed by atoms with van der Waals surface area (Å²) in [5.41, 5.74) is 1.43. The third-order valence-corrected chi connectivity index (χ3v) is 3.12. The second kappa shape index (κ2) is 10.1. The van der Waals surface area contributed by atoms with Crippen LogP contribution in [0.4, 0.5) is 0 Å². The van der Waals surface area contributed by atoms with Crippen LogP contribution in [-0.2, 0) is 11.2 Å². The molecule has 1 N–H and O–H groups in total. The molecule has 2 nitrogen and oxygen atoms in total. The van der Waals surface area contributed by atoms with E-state index in [2.05, 4.69) is 49.5 Å². The molecule has 0 aromatic heterocycles. The van der Waals surface area contributed by atoms with Gasteiger partial charge in [-0.05, 0) is 44.7 Å². The second-order valence-corrected chi connectivity index (χ2v) is 4.66. The minimum atomic E-state index is 0.580. The predicted octanol–water partition coefficient (Wildman–Crippen LogP) is 3.41. The Bertz CT molecular complexity index is 286. The predicted molar refractivity (Wildman–Crippen MR) is 78.0 cm³/mol. The number of ether oxygens (including phenoxy) is 1. The first-order valence-corrected chi connectivity index (χ1v) is 7.21. The summed E-state index contributed by atoms with van der Waals surface area (Å²) in [5.74, 6) is 0. The molecule has 0 radical (unpaired) electrons. The molecule has 0 aliphatic heterocycles. The normalized spacial score (nSPS) is 12.6. The molecule has 0 aliphatic carbocycles. The van der Waals surface area contributed by atoms with Crippen LogP contribution in [0.1, 0.15) is 38.7 Å². The Kier molecular flexibility index (Phi) is 8.53. The third kappa shape index (κ3) is 6.77. The van der Waals surface area contributed by atoms with Gasteiger partial charge in [-0.2, -0.15) is 0 Å². The monoisotopic (exact) mass is 249 g/mol. The van der Waals surface area contributed by atoms with E-state index in [9.17, 15) is 0 Å². The Balaban J connectivity index is 2.30. The molecule has 0 amide bonds. The molecule has 0 spiro atoms. The molecule has 2 heteroatoms. The van der Waals surface area contributed by atoms with Crippen LogP contribution in [0.3, 0.4) is 0 Å². The second-order valence-electron chi connectivity index (χ2n) is 4.66. The van der Waals surface area contributed by atoms with Crippen molar-refractivity contribution in [2.45, 2.75) is 45.6 Å². The molecule has 1 atom stereocenters. The van der Waals surface area contributed by atoms with Crippen LogP contribution < -0.4 is 5.32 Å². The molecule has 18 heavy (non-hydrogen) atoms. The Labute approximate surface area is 112 Å². The number of rotatable bonds is 10. The zero-order valence-electron chi connectivity index (χ0n) is 11.8. The van der Waals surface area contributed by atoms with Gasteiger partial charge in [0.1, 0.15) is 0 Å². The minimum Gasteiger partial charge on any atom is -0.382 e. The molecule has 0 saturated heterocycles. The largest absolute Gasteiger partial charge is 0.382 e. The Hall–Kier alpha value is -0.860. The fourth-order valence-corrected chi connectivity index (χ4v) is 2.05. The van der Waals surface area contributed by atoms with Gasteiger partial charge in [0.05, 0.1) is 0 Å². The van der Waals surface area contributed by atoms with Gasteiger partial charge in [0, 0.05) is 19.3 Å². The summed E-state index contributed by atoms with van der Waals surface area (Å²) in [7, 11) is 0. The Morgan fingerprint density at radius 2 is 1.89 bits per heavy atom. The highest BCUT2D eigenvalue weighted by Crippen LogP contribution is 2.07. The highest BCUT2D eigenvalue weighted by atomic mass is 16.5. The van der Waals surface area contributed by atoms with E-state index >= 15 is 0 Å². The van der Waals surface area contributed by atoms with Crippen LogP contribution in [0.15, 0.2) is 30.3 Å². The molecule has 1 rings (SSSR count). The van der Waals surface area contributed by atoms with Gasteiger partial charge in [0.2, 0.25) is 0 Å². The zero-order chi connectivity index (χ0) is 13.1. The minimum absolute atomic E-state index is 0.580. The van der Waals surface area contributed by atoms with Crippen LogP contribution in [-0.4, -0.2) is 25.8 Å². The first kappa shape index (κ1) is 15.2. The van der Waals surface area contributed by atoms with Crippen LogP contribution >= 0.6 is 0 Å². The van der Waals surface area contributed by atoms with E-state index in [1.165, 1.54) is 18.4 Å². The maximum Gasteiger partial charge on any atom is 0.0480 e. The maximum atomic E-state index is 5.46. The first-order chi connectivity index (χ1) is 8.86. The average molecular weight is 249 g/mol. The molecule has 102 valence electrons. The summed E-state index contributed by atoms with van der Waals surface area (Å²) in [5, 5.41) is 3.62. The van der Waals surface area contributed by atoms with Gasteiger partial charge in [-0.25, -0.2) is 0 Å². The van der Waals surface area contributed by atoms with Crippen LogP contribution in [0.2, 0.25) is 0 Å². The molecule has 0 aliphatic rings. The van der Waals surface area contributed by atoms with Crippen molar-refractivity contribution in [3.8, 4) is 0 Å². The summed E-state index contributed by atoms with van der Waals surface area (Å²) in [6.07, 6.45) is 4.64. The molecule has 1 unspecified atom stereocenters. The molecule has 0 fully saturated rings. The van der Waals surface area contributed by atoms with Crippen molar-refractivity contribution in [3.63, 3.8) is 0 Å². The van der Waals surface area contributed by atoms with Crippen molar-refractivity contribution in [1.29, 1.82) is 0 Å². The third-order valence-electron chi connectivity index (χ3n) is 3.12. The molecule has 0 saturated carbocycles. The standard InChI is InChI=1S/C16H27NO/c1-3-13-17-16(12-14-18-4-2)11-10-15-8-6-5-7-9-15/h5-9,16-17H,3-4,10-14H2,1-2H3. The molecular formula is C16H27NO. The summed E-state index contributed by atoms with van der Waals surface area (Å²) in [4.78, 5) is 0. The van der Waals surface area contributed by atoms with Gasteiger partial charge in [-0.1, -0.05) is 37.3 Å². The fourth-order valence-electron chi connectivity index (χ4n) is 2.05. The van der Waals surface area contributed by atoms with Crippen molar-refractivity contribution in [3.05, 3.63) is 35.9 Å². The molecule has 0 heterocycles. The van der Waals surface area contributed by atoms with Crippen molar-refractivity contribution >= 4 is 0 Å². The van der Waals surface area contributed by atoms with Crippen molar-refractivity contribution < 1.29 is 4.74 Å². The quantitative estimate of drug-likeness (QED) is 0.642. The zero-order valence-corrected chi connectivity index (χ0v) is 11.8. The Morgan fingerprint density at radius 3 is 2.56 bits per heavy atom. The topological polar surface area (TPSA) is 21.3 Å².